The van der Waals surface area contributed by atoms with Gasteiger partial charge in [0.25, 0.3) is 0 Å². The number of halogens is 2. The maximum atomic E-state index is 6.25. The molecule has 0 saturated carbocycles. The summed E-state index contributed by atoms with van der Waals surface area (Å²) in [6.07, 6.45) is 0.599. The third-order valence-electron chi connectivity index (χ3n) is 2.88. The minimum Gasteiger partial charge on any atom is -0.381 e. The maximum Gasteiger partial charge on any atom is 0.142 e. The fourth-order valence-electron chi connectivity index (χ4n) is 1.83. The second-order valence-corrected chi connectivity index (χ2v) is 5.13. The van der Waals surface area contributed by atoms with E-state index in [9.17, 15) is 0 Å². The summed E-state index contributed by atoms with van der Waals surface area (Å²) in [5, 5.41) is 0.751. The predicted molar refractivity (Wildman–Crippen MR) is 82.4 cm³/mol. The van der Waals surface area contributed by atoms with Crippen LogP contribution in [0, 0.1) is 6.92 Å². The Labute approximate surface area is 128 Å². The number of hydrogen-bond acceptors (Lipinski definition) is 3. The lowest BCUT2D eigenvalue weighted by atomic mass is 10.1. The average molecular weight is 311 g/mol. The summed E-state index contributed by atoms with van der Waals surface area (Å²) in [7, 11) is 0. The minimum absolute atomic E-state index is 0.375. The van der Waals surface area contributed by atoms with E-state index >= 15 is 0 Å². The van der Waals surface area contributed by atoms with Gasteiger partial charge >= 0.3 is 0 Å². The van der Waals surface area contributed by atoms with Crippen LogP contribution in [0.25, 0.3) is 11.1 Å². The zero-order chi connectivity index (χ0) is 14.5. The molecular weight excluding hydrogens is 295 g/mol. The van der Waals surface area contributed by atoms with Crippen LogP contribution in [0.1, 0.15) is 18.3 Å². The van der Waals surface area contributed by atoms with Crippen LogP contribution in [-0.2, 0) is 11.2 Å². The zero-order valence-corrected chi connectivity index (χ0v) is 13.0. The summed E-state index contributed by atoms with van der Waals surface area (Å²) in [5.74, 6) is 0.601. The van der Waals surface area contributed by atoms with E-state index in [0.717, 1.165) is 5.56 Å². The van der Waals surface area contributed by atoms with Gasteiger partial charge in [-0.2, -0.15) is 0 Å². The van der Waals surface area contributed by atoms with Gasteiger partial charge in [-0.15, -0.1) is 0 Å². The van der Waals surface area contributed by atoms with Gasteiger partial charge in [0.2, 0.25) is 0 Å². The molecule has 0 atom stereocenters. The summed E-state index contributed by atoms with van der Waals surface area (Å²) in [6.45, 7) is 5.21. The van der Waals surface area contributed by atoms with Crippen molar-refractivity contribution >= 4 is 23.2 Å². The fourth-order valence-corrected chi connectivity index (χ4v) is 2.47. The maximum absolute atomic E-state index is 6.25. The van der Waals surface area contributed by atoms with Gasteiger partial charge in [0.1, 0.15) is 16.1 Å². The van der Waals surface area contributed by atoms with Crippen molar-refractivity contribution in [3.63, 3.8) is 0 Å². The van der Waals surface area contributed by atoms with Gasteiger partial charge in [-0.25, -0.2) is 9.97 Å². The van der Waals surface area contributed by atoms with Gasteiger partial charge in [-0.3, -0.25) is 0 Å². The molecule has 0 amide bonds. The molecule has 0 bridgehead atoms. The van der Waals surface area contributed by atoms with Gasteiger partial charge < -0.3 is 4.74 Å². The smallest absolute Gasteiger partial charge is 0.142 e. The van der Waals surface area contributed by atoms with Crippen molar-refractivity contribution in [1.82, 2.24) is 9.97 Å². The molecule has 0 saturated heterocycles. The minimum atomic E-state index is 0.375. The highest BCUT2D eigenvalue weighted by atomic mass is 35.5. The second kappa shape index (κ2) is 7.02. The van der Waals surface area contributed by atoms with E-state index in [1.807, 2.05) is 38.1 Å². The highest BCUT2D eigenvalue weighted by Gasteiger charge is 2.13. The van der Waals surface area contributed by atoms with E-state index in [1.165, 1.54) is 5.56 Å². The Hall–Kier alpha value is -1.16. The van der Waals surface area contributed by atoms with Crippen molar-refractivity contribution in [3.05, 3.63) is 46.0 Å². The summed E-state index contributed by atoms with van der Waals surface area (Å²) in [6, 6.07) is 7.94. The van der Waals surface area contributed by atoms with Gasteiger partial charge in [-0.05, 0) is 19.4 Å². The van der Waals surface area contributed by atoms with Crippen molar-refractivity contribution in [3.8, 4) is 11.1 Å². The van der Waals surface area contributed by atoms with Gasteiger partial charge in [-0.1, -0.05) is 53.0 Å². The number of rotatable bonds is 5. The molecule has 2 aromatic rings. The van der Waals surface area contributed by atoms with E-state index in [4.69, 9.17) is 27.9 Å². The largest absolute Gasteiger partial charge is 0.381 e. The number of aromatic nitrogens is 2. The SMILES string of the molecule is CCOCCc1nc(Cl)c(-c2ccc(C)cc2)c(Cl)n1. The van der Waals surface area contributed by atoms with E-state index in [1.54, 1.807) is 0 Å². The van der Waals surface area contributed by atoms with Crippen LogP contribution in [0.3, 0.4) is 0 Å². The molecule has 2 rings (SSSR count). The molecule has 3 nitrogen and oxygen atoms in total. The molecular formula is C15H16Cl2N2O. The zero-order valence-electron chi connectivity index (χ0n) is 11.5. The first-order valence-corrected chi connectivity index (χ1v) is 7.24. The Bertz CT molecular complexity index is 562. The van der Waals surface area contributed by atoms with Crippen molar-refractivity contribution in [2.24, 2.45) is 0 Å². The molecule has 1 heterocycles. The van der Waals surface area contributed by atoms with Gasteiger partial charge in [0.05, 0.1) is 12.2 Å². The first-order valence-electron chi connectivity index (χ1n) is 6.48. The standard InChI is InChI=1S/C15H16Cl2N2O/c1-3-20-9-8-12-18-14(16)13(15(17)19-12)11-6-4-10(2)5-7-11/h4-7H,3,8-9H2,1-2H3. The molecule has 0 aliphatic heterocycles. The number of aryl methyl sites for hydroxylation is 1. The van der Waals surface area contributed by atoms with Gasteiger partial charge in [0.15, 0.2) is 0 Å². The first kappa shape index (κ1) is 15.2. The highest BCUT2D eigenvalue weighted by molar-refractivity contribution is 6.37. The van der Waals surface area contributed by atoms with Crippen LogP contribution >= 0.6 is 23.2 Å². The van der Waals surface area contributed by atoms with Crippen LogP contribution in [0.2, 0.25) is 10.3 Å². The van der Waals surface area contributed by atoms with Crippen LogP contribution in [-0.4, -0.2) is 23.2 Å². The molecule has 0 unspecified atom stereocenters. The molecule has 106 valence electrons. The van der Waals surface area contributed by atoms with Crippen molar-refractivity contribution in [1.29, 1.82) is 0 Å². The quantitative estimate of drug-likeness (QED) is 0.608. The summed E-state index contributed by atoms with van der Waals surface area (Å²) in [5.41, 5.74) is 2.77. The Morgan fingerprint density at radius 1 is 1.05 bits per heavy atom. The highest BCUT2D eigenvalue weighted by Crippen LogP contribution is 2.32. The van der Waals surface area contributed by atoms with Crippen molar-refractivity contribution < 1.29 is 4.74 Å². The van der Waals surface area contributed by atoms with Crippen LogP contribution < -0.4 is 0 Å². The average Bonchev–Trinajstić information content (AvgIpc) is 2.40. The summed E-state index contributed by atoms with van der Waals surface area (Å²) < 4.78 is 5.28. The lowest BCUT2D eigenvalue weighted by Crippen LogP contribution is -2.04. The topological polar surface area (TPSA) is 35.0 Å². The van der Waals surface area contributed by atoms with Crippen molar-refractivity contribution in [2.75, 3.05) is 13.2 Å². The monoisotopic (exact) mass is 310 g/mol. The first-order chi connectivity index (χ1) is 9.61. The molecule has 0 radical (unpaired) electrons. The Morgan fingerprint density at radius 3 is 2.20 bits per heavy atom. The molecule has 0 spiro atoms. The normalized spacial score (nSPS) is 10.8. The molecule has 5 heteroatoms. The number of benzene rings is 1. The number of ether oxygens (including phenoxy) is 1. The second-order valence-electron chi connectivity index (χ2n) is 4.41. The van der Waals surface area contributed by atoms with E-state index < -0.39 is 0 Å². The summed E-state index contributed by atoms with van der Waals surface area (Å²) >= 11 is 12.5. The molecule has 1 aromatic heterocycles. The summed E-state index contributed by atoms with van der Waals surface area (Å²) in [4.78, 5) is 8.59. The molecule has 0 aliphatic carbocycles. The van der Waals surface area contributed by atoms with E-state index in [-0.39, 0.29) is 0 Å². The van der Waals surface area contributed by atoms with Crippen LogP contribution in [0.5, 0.6) is 0 Å². The third-order valence-corrected chi connectivity index (χ3v) is 3.43. The molecule has 0 fully saturated rings. The van der Waals surface area contributed by atoms with Gasteiger partial charge in [0, 0.05) is 13.0 Å². The third kappa shape index (κ3) is 3.69. The molecule has 20 heavy (non-hydrogen) atoms. The molecule has 0 N–H and O–H groups in total. The van der Waals surface area contributed by atoms with Crippen LogP contribution in [0.4, 0.5) is 0 Å². The van der Waals surface area contributed by atoms with E-state index in [2.05, 4.69) is 9.97 Å². The Balaban J connectivity index is 2.29. The Kier molecular flexibility index (Phi) is 5.35. The van der Waals surface area contributed by atoms with Crippen LogP contribution in [0.15, 0.2) is 24.3 Å². The number of nitrogens with zero attached hydrogens (tertiary/aromatic N) is 2. The van der Waals surface area contributed by atoms with E-state index in [0.29, 0.717) is 41.3 Å². The molecule has 1 aromatic carbocycles. The molecule has 0 aliphatic rings. The number of hydrogen-bond donors (Lipinski definition) is 0. The van der Waals surface area contributed by atoms with Crippen molar-refractivity contribution in [2.45, 2.75) is 20.3 Å². The lowest BCUT2D eigenvalue weighted by molar-refractivity contribution is 0.149. The predicted octanol–water partition coefficient (Wildman–Crippen LogP) is 4.34. The Morgan fingerprint density at radius 2 is 1.65 bits per heavy atom. The lowest BCUT2D eigenvalue weighted by Gasteiger charge is -2.09. The fraction of sp³-hybridized carbons (Fsp3) is 0.333.